The Balaban J connectivity index is 1.84. The van der Waals surface area contributed by atoms with Crippen LogP contribution in [-0.4, -0.2) is 94.5 Å². The molecule has 0 bridgehead atoms. The van der Waals surface area contributed by atoms with Gasteiger partial charge in [-0.15, -0.1) is 0 Å². The van der Waals surface area contributed by atoms with Crippen molar-refractivity contribution in [3.05, 3.63) is 109 Å². The molecule has 0 radical (unpaired) electrons. The molecule has 6 aromatic carbocycles. The number of methoxy groups -OCH3 is 12. The van der Waals surface area contributed by atoms with E-state index >= 15 is 0 Å². The van der Waals surface area contributed by atoms with Gasteiger partial charge in [-0.05, 0) is 0 Å². The van der Waals surface area contributed by atoms with Gasteiger partial charge in [0.25, 0.3) is 0 Å². The van der Waals surface area contributed by atoms with Crippen LogP contribution in [0.25, 0.3) is 0 Å². The van der Waals surface area contributed by atoms with E-state index in [1.807, 2.05) is 72.8 Å². The maximum absolute atomic E-state index is 6.38. The average Bonchev–Trinajstić information content (AvgIpc) is 3.38. The molecule has 0 aliphatic rings. The first-order valence-corrected chi connectivity index (χ1v) is 27.1. The molecule has 0 amide bonds. The van der Waals surface area contributed by atoms with Crippen LogP contribution in [0, 0.1) is 0 Å². The zero-order valence-electron chi connectivity index (χ0n) is 39.9. The molecule has 0 aliphatic carbocycles. The molecule has 6 rings (SSSR count). The van der Waals surface area contributed by atoms with E-state index in [0.717, 1.165) is 31.8 Å². The summed E-state index contributed by atoms with van der Waals surface area (Å²) < 4.78 is 72.2. The van der Waals surface area contributed by atoms with Gasteiger partial charge in [0.2, 0.25) is 0 Å². The van der Waals surface area contributed by atoms with Gasteiger partial charge >= 0.3 is 414 Å². The third kappa shape index (κ3) is 9.47. The van der Waals surface area contributed by atoms with Gasteiger partial charge in [0.1, 0.15) is 0 Å². The first-order chi connectivity index (χ1) is 32.5. The van der Waals surface area contributed by atoms with Gasteiger partial charge in [-0.25, -0.2) is 0 Å². The molecule has 0 spiro atoms. The summed E-state index contributed by atoms with van der Waals surface area (Å²) in [6, 6.07) is 35.8. The van der Waals surface area contributed by atoms with Crippen LogP contribution in [0.5, 0.6) is 69.0 Å². The summed E-state index contributed by atoms with van der Waals surface area (Å²) in [4.78, 5) is 0. The van der Waals surface area contributed by atoms with Crippen molar-refractivity contribution in [3.8, 4) is 69.0 Å². The molecule has 16 heteroatoms. The third-order valence-corrected chi connectivity index (χ3v) is 27.2. The summed E-state index contributed by atoms with van der Waals surface area (Å²) in [7, 11) is 12.5. The van der Waals surface area contributed by atoms with Crippen molar-refractivity contribution in [2.24, 2.45) is 0 Å². The quantitative estimate of drug-likeness (QED) is 0.0482. The number of rotatable bonds is 22. The number of alkyl halides is 2. The Bertz CT molecular complexity index is 2200. The van der Waals surface area contributed by atoms with Crippen molar-refractivity contribution in [1.82, 2.24) is 0 Å². The SMILES string of the molecule is COc1ccc([PH](c2ccc(OC)cc2OC)(c2ccc(OC)cc2OC)C(Br)CC(Br)[PH](c2ccc(OC)cc2OC)(c2ccc(OC)cc2OC)c2ccc(OC)cc2OC)c(OC)c1. The Kier molecular flexibility index (Phi) is 17.3. The van der Waals surface area contributed by atoms with E-state index in [2.05, 4.69) is 68.3 Å². The molecular weight excluding hydrogens is 1030 g/mol. The van der Waals surface area contributed by atoms with Crippen LogP contribution in [0.15, 0.2) is 109 Å². The van der Waals surface area contributed by atoms with E-state index in [0.29, 0.717) is 75.4 Å². The van der Waals surface area contributed by atoms with Crippen molar-refractivity contribution in [3.63, 3.8) is 0 Å². The van der Waals surface area contributed by atoms with Crippen LogP contribution < -0.4 is 88.7 Å². The fourth-order valence-electron chi connectivity index (χ4n) is 9.16. The van der Waals surface area contributed by atoms with Gasteiger partial charge in [-0.1, -0.05) is 0 Å². The van der Waals surface area contributed by atoms with Crippen molar-refractivity contribution >= 4 is 78.2 Å². The molecule has 360 valence electrons. The Morgan fingerprint density at radius 3 is 0.582 bits per heavy atom. The summed E-state index contributed by atoms with van der Waals surface area (Å²) >= 11 is 9.07. The fourth-order valence-corrected chi connectivity index (χ4v) is 26.2. The Morgan fingerprint density at radius 2 is 0.448 bits per heavy atom. The predicted molar refractivity (Wildman–Crippen MR) is 282 cm³/mol. The summed E-state index contributed by atoms with van der Waals surface area (Å²) in [5, 5.41) is 5.51. The maximum atomic E-state index is 6.38. The molecule has 67 heavy (non-hydrogen) atoms. The van der Waals surface area contributed by atoms with E-state index in [9.17, 15) is 0 Å². The number of hydrogen-bond acceptors (Lipinski definition) is 12. The predicted octanol–water partition coefficient (Wildman–Crippen LogP) is 8.37. The average molecular weight is 1090 g/mol. The summed E-state index contributed by atoms with van der Waals surface area (Å²) in [6.45, 7) is 0. The first kappa shape index (κ1) is 51.1. The molecule has 0 saturated carbocycles. The Morgan fingerprint density at radius 1 is 0.284 bits per heavy atom. The third-order valence-electron chi connectivity index (χ3n) is 12.4. The minimum atomic E-state index is -3.67. The molecule has 2 atom stereocenters. The molecular formula is C51H60Br2O12P2. The van der Waals surface area contributed by atoms with Gasteiger partial charge in [-0.3, -0.25) is 0 Å². The zero-order valence-corrected chi connectivity index (χ0v) is 45.1. The Hall–Kier alpha value is -5.26. The monoisotopic (exact) mass is 1080 g/mol. The van der Waals surface area contributed by atoms with Gasteiger partial charge in [0.05, 0.1) is 0 Å². The van der Waals surface area contributed by atoms with Crippen molar-refractivity contribution < 1.29 is 56.8 Å². The molecule has 6 aromatic rings. The van der Waals surface area contributed by atoms with Crippen molar-refractivity contribution in [1.29, 1.82) is 0 Å². The molecule has 0 fully saturated rings. The molecule has 2 unspecified atom stereocenters. The molecule has 0 aromatic heterocycles. The van der Waals surface area contributed by atoms with E-state index < -0.39 is 23.7 Å². The number of halogens is 2. The number of hydrogen-bond donors (Lipinski definition) is 0. The van der Waals surface area contributed by atoms with Crippen molar-refractivity contribution in [2.45, 2.75) is 15.6 Å². The number of benzene rings is 6. The molecule has 0 saturated heterocycles. The van der Waals surface area contributed by atoms with Crippen LogP contribution >= 0.6 is 46.4 Å². The topological polar surface area (TPSA) is 111 Å². The van der Waals surface area contributed by atoms with Crippen LogP contribution in [0.1, 0.15) is 6.42 Å². The van der Waals surface area contributed by atoms with Gasteiger partial charge < -0.3 is 0 Å². The first-order valence-electron chi connectivity index (χ1n) is 21.1. The second kappa shape index (κ2) is 22.7. The minimum absolute atomic E-state index is 0.402. The van der Waals surface area contributed by atoms with E-state index in [1.165, 1.54) is 0 Å². The van der Waals surface area contributed by atoms with Gasteiger partial charge in [0.15, 0.2) is 0 Å². The molecule has 0 aliphatic heterocycles. The van der Waals surface area contributed by atoms with E-state index in [1.54, 1.807) is 85.3 Å². The van der Waals surface area contributed by atoms with Crippen LogP contribution in [-0.2, 0) is 0 Å². The fraction of sp³-hybridized carbons (Fsp3) is 0.294. The second-order valence-corrected chi connectivity index (χ2v) is 26.9. The van der Waals surface area contributed by atoms with Crippen LogP contribution in [0.4, 0.5) is 0 Å². The molecule has 0 heterocycles. The summed E-state index contributed by atoms with van der Waals surface area (Å²) in [5.74, 6) is 7.49. The molecule has 0 N–H and O–H groups in total. The normalized spacial score (nSPS) is 12.7. The van der Waals surface area contributed by atoms with E-state index in [-0.39, 0.29) is 0 Å². The van der Waals surface area contributed by atoms with Gasteiger partial charge in [-0.2, -0.15) is 0 Å². The van der Waals surface area contributed by atoms with E-state index in [4.69, 9.17) is 56.8 Å². The second-order valence-electron chi connectivity index (χ2n) is 15.2. The van der Waals surface area contributed by atoms with Gasteiger partial charge in [0, 0.05) is 0 Å². The standard InChI is InChI=1S/C51H60Br2O12P2/c1-54-32-13-19-44(38(25-32)60-7)66(45-20-14-33(55-2)26-39(45)61-8,46-21-15-34(56-3)27-40(46)62-9)50(52)31-51(53)67(47-22-16-35(57-4)28-41(47)63-10,48-23-17-36(58-5)29-42(48)64-11)49-24-18-37(59-6)30-43(49)65-12/h13-30,50-51,66-67H,31H2,1-12H3. The zero-order chi connectivity index (χ0) is 48.5. The number of ether oxygens (including phenoxy) is 12. The van der Waals surface area contributed by atoms with Crippen LogP contribution in [0.3, 0.4) is 0 Å². The van der Waals surface area contributed by atoms with Crippen LogP contribution in [0.2, 0.25) is 0 Å². The Labute approximate surface area is 411 Å². The van der Waals surface area contributed by atoms with Crippen molar-refractivity contribution in [2.75, 3.05) is 85.3 Å². The summed E-state index contributed by atoms with van der Waals surface area (Å²) in [5.41, 5.74) is 0. The molecule has 12 nitrogen and oxygen atoms in total. The summed E-state index contributed by atoms with van der Waals surface area (Å²) in [6.07, 6.45) is 0.456.